The number of hydrogen-bond acceptors (Lipinski definition) is 5. The first kappa shape index (κ1) is 20.6. The first-order valence-electron chi connectivity index (χ1n) is 11.6. The number of nitrogens with zero attached hydrogens (tertiary/aromatic N) is 1. The van der Waals surface area contributed by atoms with Gasteiger partial charge in [-0.25, -0.2) is 4.79 Å². The Hall–Kier alpha value is -2.34. The number of likely N-dealkylation sites (tertiary alicyclic amines) is 1. The molecule has 2 heterocycles. The molecule has 3 aliphatic rings. The molecular formula is C25H31NO5. The molecule has 1 aromatic heterocycles. The number of aliphatic hydroxyl groups is 1. The van der Waals surface area contributed by atoms with Gasteiger partial charge in [-0.05, 0) is 75.6 Å². The normalized spacial score (nSPS) is 26.4. The van der Waals surface area contributed by atoms with Crippen molar-refractivity contribution in [2.75, 3.05) is 13.1 Å². The number of ether oxygens (including phenoxy) is 1. The average Bonchev–Trinajstić information content (AvgIpc) is 3.22. The van der Waals surface area contributed by atoms with Crippen molar-refractivity contribution < 1.29 is 19.1 Å². The quantitative estimate of drug-likeness (QED) is 0.762. The second-order valence-corrected chi connectivity index (χ2v) is 9.68. The second-order valence-electron chi connectivity index (χ2n) is 9.68. The van der Waals surface area contributed by atoms with Gasteiger partial charge in [-0.2, -0.15) is 0 Å². The summed E-state index contributed by atoms with van der Waals surface area (Å²) in [6.07, 6.45) is 6.48. The lowest BCUT2D eigenvalue weighted by Gasteiger charge is -2.47. The molecule has 1 saturated carbocycles. The summed E-state index contributed by atoms with van der Waals surface area (Å²) in [6.45, 7) is 4.89. The van der Waals surface area contributed by atoms with Crippen molar-refractivity contribution in [3.05, 3.63) is 39.2 Å². The minimum atomic E-state index is -0.649. The molecule has 2 aromatic rings. The maximum atomic E-state index is 13.2. The van der Waals surface area contributed by atoms with Crippen LogP contribution in [0.25, 0.3) is 11.0 Å². The average molecular weight is 426 g/mol. The molecule has 1 saturated heterocycles. The summed E-state index contributed by atoms with van der Waals surface area (Å²) < 4.78 is 11.8. The Labute approximate surface area is 182 Å². The molecule has 6 heteroatoms. The molecule has 0 spiro atoms. The third kappa shape index (κ3) is 3.55. The highest BCUT2D eigenvalue weighted by Crippen LogP contribution is 2.40. The van der Waals surface area contributed by atoms with E-state index in [1.54, 1.807) is 6.92 Å². The molecule has 1 amide bonds. The maximum Gasteiger partial charge on any atom is 0.339 e. The van der Waals surface area contributed by atoms with Crippen LogP contribution in [0, 0.1) is 12.8 Å². The van der Waals surface area contributed by atoms with E-state index in [2.05, 4.69) is 0 Å². The van der Waals surface area contributed by atoms with Crippen LogP contribution in [0.2, 0.25) is 0 Å². The van der Waals surface area contributed by atoms with Crippen molar-refractivity contribution in [3.63, 3.8) is 0 Å². The van der Waals surface area contributed by atoms with Crippen LogP contribution in [-0.2, 0) is 17.6 Å². The zero-order chi connectivity index (χ0) is 21.8. The van der Waals surface area contributed by atoms with Gasteiger partial charge in [0.2, 0.25) is 0 Å². The fraction of sp³-hybridized carbons (Fsp3) is 0.600. The Balaban J connectivity index is 1.40. The third-order valence-electron chi connectivity index (χ3n) is 7.57. The summed E-state index contributed by atoms with van der Waals surface area (Å²) in [5.41, 5.74) is 2.34. The van der Waals surface area contributed by atoms with Crippen LogP contribution in [0.3, 0.4) is 0 Å². The summed E-state index contributed by atoms with van der Waals surface area (Å²) in [4.78, 5) is 27.4. The largest absolute Gasteiger partial charge is 0.480 e. The molecule has 1 aliphatic heterocycles. The van der Waals surface area contributed by atoms with Crippen molar-refractivity contribution in [3.8, 4) is 5.75 Å². The van der Waals surface area contributed by atoms with Gasteiger partial charge in [0.1, 0.15) is 11.3 Å². The van der Waals surface area contributed by atoms with Gasteiger partial charge >= 0.3 is 5.63 Å². The number of aryl methyl sites for hydroxylation is 2. The highest BCUT2D eigenvalue weighted by atomic mass is 16.5. The summed E-state index contributed by atoms with van der Waals surface area (Å²) in [5.74, 6) is 0.726. The van der Waals surface area contributed by atoms with E-state index in [1.807, 2.05) is 24.0 Å². The van der Waals surface area contributed by atoms with Crippen LogP contribution >= 0.6 is 0 Å². The van der Waals surface area contributed by atoms with Crippen LogP contribution in [0.1, 0.15) is 62.1 Å². The minimum Gasteiger partial charge on any atom is -0.480 e. The van der Waals surface area contributed by atoms with Crippen LogP contribution in [0.5, 0.6) is 5.75 Å². The Bertz CT molecular complexity index is 1090. The van der Waals surface area contributed by atoms with E-state index in [-0.39, 0.29) is 17.5 Å². The Morgan fingerprint density at radius 2 is 2.03 bits per heavy atom. The molecule has 2 fully saturated rings. The smallest absolute Gasteiger partial charge is 0.339 e. The molecule has 0 radical (unpaired) electrons. The Kier molecular flexibility index (Phi) is 5.08. The molecule has 3 atom stereocenters. The molecule has 1 aromatic carbocycles. The minimum absolute atomic E-state index is 0.0451. The van der Waals surface area contributed by atoms with Crippen LogP contribution in [0.15, 0.2) is 21.3 Å². The number of fused-ring (bicyclic) bond motifs is 4. The van der Waals surface area contributed by atoms with E-state index in [0.29, 0.717) is 30.8 Å². The standard InChI is InChI=1S/C25H31NO5/c1-15-12-20(22-18-7-5-8-19(18)24(28)31-21(22)13-15)30-16(2)23(27)26-11-10-25(29)9-4-3-6-17(25)14-26/h12-13,16-17,29H,3-11,14H2,1-2H3/t16-,17+,25+/m1/s1. The van der Waals surface area contributed by atoms with Gasteiger partial charge in [-0.15, -0.1) is 0 Å². The highest BCUT2D eigenvalue weighted by molar-refractivity contribution is 5.89. The zero-order valence-corrected chi connectivity index (χ0v) is 18.4. The number of hydrogen-bond donors (Lipinski definition) is 1. The number of carbonyl (C=O) groups excluding carboxylic acids is 1. The highest BCUT2D eigenvalue weighted by Gasteiger charge is 2.44. The molecule has 1 N–H and O–H groups in total. The van der Waals surface area contributed by atoms with Crippen molar-refractivity contribution in [2.24, 2.45) is 5.92 Å². The van der Waals surface area contributed by atoms with Crippen LogP contribution in [-0.4, -0.2) is 40.7 Å². The number of amides is 1. The molecule has 0 unspecified atom stereocenters. The maximum absolute atomic E-state index is 13.2. The molecule has 0 bridgehead atoms. The zero-order valence-electron chi connectivity index (χ0n) is 18.4. The SMILES string of the molecule is Cc1cc(O[C@H](C)C(=O)N2CC[C@@]3(O)CCCC[C@H]3C2)c2c3c(c(=O)oc2c1)CCC3. The van der Waals surface area contributed by atoms with E-state index in [1.165, 1.54) is 0 Å². The predicted molar refractivity (Wildman–Crippen MR) is 117 cm³/mol. The third-order valence-corrected chi connectivity index (χ3v) is 7.57. The Morgan fingerprint density at radius 1 is 1.23 bits per heavy atom. The fourth-order valence-electron chi connectivity index (χ4n) is 5.87. The van der Waals surface area contributed by atoms with E-state index < -0.39 is 11.7 Å². The topological polar surface area (TPSA) is 80.0 Å². The van der Waals surface area contributed by atoms with Crippen molar-refractivity contribution in [1.82, 2.24) is 4.90 Å². The van der Waals surface area contributed by atoms with Crippen LogP contribution in [0.4, 0.5) is 0 Å². The van der Waals surface area contributed by atoms with E-state index in [0.717, 1.165) is 67.0 Å². The van der Waals surface area contributed by atoms with Gasteiger partial charge in [0.15, 0.2) is 6.10 Å². The fourth-order valence-corrected chi connectivity index (χ4v) is 5.87. The summed E-state index contributed by atoms with van der Waals surface area (Å²) in [6, 6.07) is 3.80. The lowest BCUT2D eigenvalue weighted by molar-refractivity contribution is -0.149. The molecule has 5 rings (SSSR count). The van der Waals surface area contributed by atoms with Gasteiger partial charge in [0, 0.05) is 24.6 Å². The number of carbonyl (C=O) groups is 1. The Morgan fingerprint density at radius 3 is 2.87 bits per heavy atom. The summed E-state index contributed by atoms with van der Waals surface area (Å²) in [7, 11) is 0. The molecule has 31 heavy (non-hydrogen) atoms. The molecule has 2 aliphatic carbocycles. The van der Waals surface area contributed by atoms with Gasteiger partial charge < -0.3 is 19.2 Å². The van der Waals surface area contributed by atoms with Crippen molar-refractivity contribution >= 4 is 16.9 Å². The molecule has 6 nitrogen and oxygen atoms in total. The van der Waals surface area contributed by atoms with Gasteiger partial charge in [-0.1, -0.05) is 12.8 Å². The summed E-state index contributed by atoms with van der Waals surface area (Å²) >= 11 is 0. The predicted octanol–water partition coefficient (Wildman–Crippen LogP) is 3.51. The van der Waals surface area contributed by atoms with Gasteiger partial charge in [0.25, 0.3) is 5.91 Å². The molecular weight excluding hydrogens is 394 g/mol. The van der Waals surface area contributed by atoms with E-state index in [4.69, 9.17) is 9.15 Å². The number of benzene rings is 1. The lowest BCUT2D eigenvalue weighted by Crippen LogP contribution is -2.56. The van der Waals surface area contributed by atoms with E-state index in [9.17, 15) is 14.7 Å². The van der Waals surface area contributed by atoms with Gasteiger partial charge in [0.05, 0.1) is 11.0 Å². The number of rotatable bonds is 3. The summed E-state index contributed by atoms with van der Waals surface area (Å²) in [5, 5.41) is 11.8. The van der Waals surface area contributed by atoms with Crippen molar-refractivity contribution in [2.45, 2.75) is 76.9 Å². The van der Waals surface area contributed by atoms with Crippen LogP contribution < -0.4 is 10.4 Å². The first-order valence-corrected chi connectivity index (χ1v) is 11.6. The second kappa shape index (κ2) is 7.66. The number of piperidine rings is 1. The lowest BCUT2D eigenvalue weighted by atomic mass is 9.71. The molecule has 166 valence electrons. The monoisotopic (exact) mass is 425 g/mol. The van der Waals surface area contributed by atoms with Crippen molar-refractivity contribution in [1.29, 1.82) is 0 Å². The van der Waals surface area contributed by atoms with E-state index >= 15 is 0 Å². The first-order chi connectivity index (χ1) is 14.9. The van der Waals surface area contributed by atoms with Gasteiger partial charge in [-0.3, -0.25) is 4.79 Å².